The molecular weight excluding hydrogens is 214 g/mol. The van der Waals surface area contributed by atoms with Crippen LogP contribution in [0.4, 0.5) is 4.79 Å². The SMILES string of the molecule is CCOC(=O)CC(=O)NC(=O)OC(C)(C)C. The lowest BCUT2D eigenvalue weighted by Crippen LogP contribution is -2.37. The van der Waals surface area contributed by atoms with Gasteiger partial charge in [-0.15, -0.1) is 0 Å². The van der Waals surface area contributed by atoms with E-state index in [1.807, 2.05) is 5.32 Å². The first-order chi connectivity index (χ1) is 7.24. The second-order valence-corrected chi connectivity index (χ2v) is 4.03. The summed E-state index contributed by atoms with van der Waals surface area (Å²) in [6, 6.07) is 0. The van der Waals surface area contributed by atoms with Gasteiger partial charge < -0.3 is 9.47 Å². The summed E-state index contributed by atoms with van der Waals surface area (Å²) in [5, 5.41) is 1.92. The van der Waals surface area contributed by atoms with Crippen LogP contribution >= 0.6 is 0 Å². The van der Waals surface area contributed by atoms with Crippen LogP contribution in [0.15, 0.2) is 0 Å². The number of rotatable bonds is 3. The van der Waals surface area contributed by atoms with Crippen molar-refractivity contribution >= 4 is 18.0 Å². The third kappa shape index (κ3) is 7.78. The van der Waals surface area contributed by atoms with Gasteiger partial charge in [-0.2, -0.15) is 0 Å². The fourth-order valence-corrected chi connectivity index (χ4v) is 0.805. The lowest BCUT2D eigenvalue weighted by Gasteiger charge is -2.19. The molecule has 0 unspecified atom stereocenters. The van der Waals surface area contributed by atoms with Crippen LogP contribution in [0.2, 0.25) is 0 Å². The monoisotopic (exact) mass is 231 g/mol. The van der Waals surface area contributed by atoms with Gasteiger partial charge in [0.15, 0.2) is 0 Å². The van der Waals surface area contributed by atoms with Gasteiger partial charge in [-0.3, -0.25) is 14.9 Å². The Bertz CT molecular complexity index is 279. The summed E-state index contributed by atoms with van der Waals surface area (Å²) in [5.74, 6) is -1.42. The number of carbonyl (C=O) groups excluding carboxylic acids is 3. The summed E-state index contributed by atoms with van der Waals surface area (Å²) in [4.78, 5) is 33.1. The lowest BCUT2D eigenvalue weighted by molar-refractivity contribution is -0.145. The molecule has 0 spiro atoms. The number of imide groups is 1. The van der Waals surface area contributed by atoms with Gasteiger partial charge in [-0.1, -0.05) is 0 Å². The molecule has 92 valence electrons. The predicted molar refractivity (Wildman–Crippen MR) is 55.6 cm³/mol. The van der Waals surface area contributed by atoms with Crippen LogP contribution in [0.5, 0.6) is 0 Å². The first-order valence-electron chi connectivity index (χ1n) is 4.93. The van der Waals surface area contributed by atoms with Crippen molar-refractivity contribution in [1.82, 2.24) is 5.32 Å². The third-order valence-corrected chi connectivity index (χ3v) is 1.25. The predicted octanol–water partition coefficient (Wildman–Crippen LogP) is 0.991. The van der Waals surface area contributed by atoms with E-state index in [4.69, 9.17) is 4.74 Å². The number of hydrogen-bond acceptors (Lipinski definition) is 5. The Morgan fingerprint density at radius 3 is 2.19 bits per heavy atom. The topological polar surface area (TPSA) is 81.7 Å². The maximum Gasteiger partial charge on any atom is 0.414 e. The maximum atomic E-state index is 11.1. The zero-order chi connectivity index (χ0) is 12.8. The third-order valence-electron chi connectivity index (χ3n) is 1.25. The fourth-order valence-electron chi connectivity index (χ4n) is 0.805. The summed E-state index contributed by atoms with van der Waals surface area (Å²) in [6.45, 7) is 6.83. The summed E-state index contributed by atoms with van der Waals surface area (Å²) >= 11 is 0. The number of ether oxygens (including phenoxy) is 2. The average Bonchev–Trinajstić information content (AvgIpc) is 1.98. The largest absolute Gasteiger partial charge is 0.466 e. The van der Waals surface area contributed by atoms with E-state index in [1.165, 1.54) is 0 Å². The van der Waals surface area contributed by atoms with Crippen LogP contribution in [0.1, 0.15) is 34.1 Å². The highest BCUT2D eigenvalue weighted by atomic mass is 16.6. The van der Waals surface area contributed by atoms with E-state index in [-0.39, 0.29) is 6.61 Å². The van der Waals surface area contributed by atoms with E-state index < -0.39 is 30.0 Å². The highest BCUT2D eigenvalue weighted by Crippen LogP contribution is 2.06. The number of alkyl carbamates (subject to hydrolysis) is 1. The molecule has 0 aliphatic heterocycles. The quantitative estimate of drug-likeness (QED) is 0.578. The Hall–Kier alpha value is -1.59. The molecule has 0 saturated carbocycles. The Balaban J connectivity index is 3.97. The number of carbonyl (C=O) groups is 3. The van der Waals surface area contributed by atoms with Crippen LogP contribution in [0, 0.1) is 0 Å². The minimum absolute atomic E-state index is 0.193. The molecule has 6 nitrogen and oxygen atoms in total. The zero-order valence-corrected chi connectivity index (χ0v) is 9.96. The van der Waals surface area contributed by atoms with Crippen molar-refractivity contribution in [2.45, 2.75) is 39.7 Å². The number of amides is 2. The van der Waals surface area contributed by atoms with E-state index in [2.05, 4.69) is 4.74 Å². The van der Waals surface area contributed by atoms with Crippen LogP contribution < -0.4 is 5.32 Å². The van der Waals surface area contributed by atoms with E-state index >= 15 is 0 Å². The van der Waals surface area contributed by atoms with Gasteiger partial charge in [0.1, 0.15) is 12.0 Å². The van der Waals surface area contributed by atoms with E-state index in [1.54, 1.807) is 27.7 Å². The first kappa shape index (κ1) is 14.4. The zero-order valence-electron chi connectivity index (χ0n) is 9.96. The highest BCUT2D eigenvalue weighted by molar-refractivity contribution is 6.00. The number of nitrogens with one attached hydrogen (secondary N) is 1. The van der Waals surface area contributed by atoms with Gasteiger partial charge in [-0.05, 0) is 27.7 Å². The minimum atomic E-state index is -0.873. The molecule has 0 radical (unpaired) electrons. The van der Waals surface area contributed by atoms with Gasteiger partial charge in [0.2, 0.25) is 5.91 Å². The van der Waals surface area contributed by atoms with Crippen LogP contribution in [-0.2, 0) is 19.1 Å². The molecular formula is C10H17NO5. The lowest BCUT2D eigenvalue weighted by atomic mass is 10.2. The highest BCUT2D eigenvalue weighted by Gasteiger charge is 2.19. The molecule has 0 rings (SSSR count). The van der Waals surface area contributed by atoms with Crippen LogP contribution in [0.25, 0.3) is 0 Å². The Labute approximate surface area is 94.3 Å². The fraction of sp³-hybridized carbons (Fsp3) is 0.700. The molecule has 0 bridgehead atoms. The minimum Gasteiger partial charge on any atom is -0.466 e. The van der Waals surface area contributed by atoms with E-state index in [9.17, 15) is 14.4 Å². The Kier molecular flexibility index (Phi) is 5.49. The maximum absolute atomic E-state index is 11.1. The second kappa shape index (κ2) is 6.09. The van der Waals surface area contributed by atoms with Gasteiger partial charge in [0, 0.05) is 0 Å². The van der Waals surface area contributed by atoms with Crippen molar-refractivity contribution in [2.75, 3.05) is 6.61 Å². The van der Waals surface area contributed by atoms with Gasteiger partial charge in [-0.25, -0.2) is 4.79 Å². The van der Waals surface area contributed by atoms with Crippen molar-refractivity contribution in [3.8, 4) is 0 Å². The molecule has 0 heterocycles. The summed E-state index contributed by atoms with van der Waals surface area (Å²) < 4.78 is 9.37. The summed E-state index contributed by atoms with van der Waals surface area (Å²) in [6.07, 6.45) is -1.37. The molecule has 0 aromatic heterocycles. The molecule has 1 N–H and O–H groups in total. The normalized spacial score (nSPS) is 10.5. The molecule has 0 aromatic rings. The number of esters is 1. The van der Waals surface area contributed by atoms with Crippen LogP contribution in [-0.4, -0.2) is 30.2 Å². The van der Waals surface area contributed by atoms with Crippen molar-refractivity contribution in [3.63, 3.8) is 0 Å². The van der Waals surface area contributed by atoms with E-state index in [0.717, 1.165) is 0 Å². The molecule has 0 aliphatic carbocycles. The molecule has 0 saturated heterocycles. The van der Waals surface area contributed by atoms with Gasteiger partial charge in [0.25, 0.3) is 0 Å². The smallest absolute Gasteiger partial charge is 0.414 e. The molecule has 0 fully saturated rings. The molecule has 2 amide bonds. The Morgan fingerprint density at radius 1 is 1.19 bits per heavy atom. The molecule has 0 aromatic carbocycles. The number of hydrogen-bond donors (Lipinski definition) is 1. The Morgan fingerprint density at radius 2 is 1.75 bits per heavy atom. The van der Waals surface area contributed by atoms with Crippen LogP contribution in [0.3, 0.4) is 0 Å². The first-order valence-corrected chi connectivity index (χ1v) is 4.93. The molecule has 16 heavy (non-hydrogen) atoms. The molecule has 0 aliphatic rings. The van der Waals surface area contributed by atoms with E-state index in [0.29, 0.717) is 0 Å². The molecule has 0 atom stereocenters. The summed E-state index contributed by atoms with van der Waals surface area (Å²) in [7, 11) is 0. The molecule has 6 heteroatoms. The second-order valence-electron chi connectivity index (χ2n) is 4.03. The van der Waals surface area contributed by atoms with Crippen molar-refractivity contribution in [1.29, 1.82) is 0 Å². The standard InChI is InChI=1S/C10H17NO5/c1-5-15-8(13)6-7(12)11-9(14)16-10(2,3)4/h5-6H2,1-4H3,(H,11,12,14). The van der Waals surface area contributed by atoms with Gasteiger partial charge in [0.05, 0.1) is 6.61 Å². The summed E-state index contributed by atoms with van der Waals surface area (Å²) in [5.41, 5.74) is -0.686. The van der Waals surface area contributed by atoms with Crippen molar-refractivity contribution in [3.05, 3.63) is 0 Å². The van der Waals surface area contributed by atoms with Gasteiger partial charge >= 0.3 is 12.1 Å². The van der Waals surface area contributed by atoms with Crippen molar-refractivity contribution < 1.29 is 23.9 Å². The van der Waals surface area contributed by atoms with Crippen molar-refractivity contribution in [2.24, 2.45) is 0 Å². The average molecular weight is 231 g/mol.